The second-order valence-electron chi connectivity index (χ2n) is 4.16. The average molecular weight is 329 g/mol. The van der Waals surface area contributed by atoms with E-state index in [1.807, 2.05) is 19.1 Å². The average Bonchev–Trinajstić information content (AvgIpc) is 2.84. The van der Waals surface area contributed by atoms with Gasteiger partial charge in [-0.05, 0) is 43.3 Å². The highest BCUT2D eigenvalue weighted by Crippen LogP contribution is 2.23. The predicted octanol–water partition coefficient (Wildman–Crippen LogP) is 5.11. The predicted molar refractivity (Wildman–Crippen MR) is 85.9 cm³/mol. The molecule has 0 atom stereocenters. The van der Waals surface area contributed by atoms with Gasteiger partial charge in [-0.3, -0.25) is 0 Å². The standard InChI is InChI=1S/C14H14Cl2N2OS/c1-2-18(9-12-7-8-13(16)20-12)14(19)17-11-5-3-10(15)4-6-11/h3-8H,2,9H2,1H3,(H,17,19). The number of hydrogen-bond acceptors (Lipinski definition) is 2. The van der Waals surface area contributed by atoms with Crippen molar-refractivity contribution in [3.63, 3.8) is 0 Å². The third kappa shape index (κ3) is 4.13. The fourth-order valence-corrected chi connectivity index (χ4v) is 2.92. The lowest BCUT2D eigenvalue weighted by Gasteiger charge is -2.20. The Hall–Kier alpha value is -1.23. The van der Waals surface area contributed by atoms with Crippen molar-refractivity contribution in [2.75, 3.05) is 11.9 Å². The van der Waals surface area contributed by atoms with Crippen molar-refractivity contribution in [3.8, 4) is 0 Å². The Balaban J connectivity index is 2.00. The molecule has 2 rings (SSSR count). The van der Waals surface area contributed by atoms with Crippen LogP contribution in [0.4, 0.5) is 10.5 Å². The molecule has 0 fully saturated rings. The van der Waals surface area contributed by atoms with Gasteiger partial charge in [0.25, 0.3) is 0 Å². The minimum absolute atomic E-state index is 0.139. The van der Waals surface area contributed by atoms with Crippen molar-refractivity contribution >= 4 is 46.3 Å². The van der Waals surface area contributed by atoms with Gasteiger partial charge in [0, 0.05) is 22.1 Å². The molecule has 0 radical (unpaired) electrons. The van der Waals surface area contributed by atoms with Crippen LogP contribution in [-0.4, -0.2) is 17.5 Å². The van der Waals surface area contributed by atoms with E-state index in [1.54, 1.807) is 29.2 Å². The van der Waals surface area contributed by atoms with Crippen molar-refractivity contribution < 1.29 is 4.79 Å². The molecule has 6 heteroatoms. The molecule has 2 aromatic rings. The van der Waals surface area contributed by atoms with Crippen molar-refractivity contribution in [1.82, 2.24) is 4.90 Å². The number of nitrogens with zero attached hydrogens (tertiary/aromatic N) is 1. The zero-order chi connectivity index (χ0) is 14.5. The fraction of sp³-hybridized carbons (Fsp3) is 0.214. The zero-order valence-electron chi connectivity index (χ0n) is 10.9. The Morgan fingerprint density at radius 3 is 2.45 bits per heavy atom. The molecule has 0 unspecified atom stereocenters. The minimum Gasteiger partial charge on any atom is -0.320 e. The second-order valence-corrected chi connectivity index (χ2v) is 6.39. The van der Waals surface area contributed by atoms with Gasteiger partial charge < -0.3 is 10.2 Å². The first-order chi connectivity index (χ1) is 9.58. The maximum atomic E-state index is 12.2. The lowest BCUT2D eigenvalue weighted by Crippen LogP contribution is -2.34. The Bertz CT molecular complexity index is 583. The normalized spacial score (nSPS) is 10.3. The highest BCUT2D eigenvalue weighted by molar-refractivity contribution is 7.16. The number of anilines is 1. The van der Waals surface area contributed by atoms with Gasteiger partial charge in [0.15, 0.2) is 0 Å². The fourth-order valence-electron chi connectivity index (χ4n) is 1.69. The SMILES string of the molecule is CCN(Cc1ccc(Cl)s1)C(=O)Nc1ccc(Cl)cc1. The van der Waals surface area contributed by atoms with Crippen LogP contribution >= 0.6 is 34.5 Å². The first kappa shape index (κ1) is 15.2. The molecule has 0 bridgehead atoms. The number of amides is 2. The van der Waals surface area contributed by atoms with E-state index in [9.17, 15) is 4.79 Å². The molecule has 0 saturated heterocycles. The summed E-state index contributed by atoms with van der Waals surface area (Å²) in [7, 11) is 0. The summed E-state index contributed by atoms with van der Waals surface area (Å²) in [4.78, 5) is 15.0. The smallest absolute Gasteiger partial charge is 0.320 e. The Labute approximate surface area is 132 Å². The van der Waals surface area contributed by atoms with E-state index < -0.39 is 0 Å². The van der Waals surface area contributed by atoms with Crippen LogP contribution in [0.15, 0.2) is 36.4 Å². The molecule has 0 spiro atoms. The number of carbonyl (C=O) groups excluding carboxylic acids is 1. The van der Waals surface area contributed by atoms with Crippen LogP contribution in [0.25, 0.3) is 0 Å². The van der Waals surface area contributed by atoms with E-state index in [-0.39, 0.29) is 6.03 Å². The van der Waals surface area contributed by atoms with Crippen molar-refractivity contribution in [1.29, 1.82) is 0 Å². The first-order valence-corrected chi connectivity index (χ1v) is 7.71. The Morgan fingerprint density at radius 1 is 1.20 bits per heavy atom. The van der Waals surface area contributed by atoms with Crippen LogP contribution < -0.4 is 5.32 Å². The quantitative estimate of drug-likeness (QED) is 0.831. The summed E-state index contributed by atoms with van der Waals surface area (Å²) in [6, 6.07) is 10.7. The van der Waals surface area contributed by atoms with Gasteiger partial charge in [-0.25, -0.2) is 4.79 Å². The third-order valence-corrected chi connectivity index (χ3v) is 4.21. The van der Waals surface area contributed by atoms with Crippen LogP contribution in [0.2, 0.25) is 9.36 Å². The second kappa shape index (κ2) is 6.97. The van der Waals surface area contributed by atoms with Gasteiger partial charge >= 0.3 is 6.03 Å². The highest BCUT2D eigenvalue weighted by Gasteiger charge is 2.13. The number of hydrogen-bond donors (Lipinski definition) is 1. The third-order valence-electron chi connectivity index (χ3n) is 2.74. The molecule has 0 saturated carbocycles. The molecule has 0 aliphatic rings. The maximum absolute atomic E-state index is 12.2. The van der Waals surface area contributed by atoms with Crippen LogP contribution in [0.3, 0.4) is 0 Å². The largest absolute Gasteiger partial charge is 0.322 e. The van der Waals surface area contributed by atoms with Crippen LogP contribution in [0, 0.1) is 0 Å². The van der Waals surface area contributed by atoms with E-state index in [1.165, 1.54) is 11.3 Å². The lowest BCUT2D eigenvalue weighted by atomic mass is 10.3. The number of rotatable bonds is 4. The molecular formula is C14H14Cl2N2OS. The van der Waals surface area contributed by atoms with Gasteiger partial charge in [0.2, 0.25) is 0 Å². The van der Waals surface area contributed by atoms with Gasteiger partial charge in [0.05, 0.1) is 10.9 Å². The number of halogens is 2. The van der Waals surface area contributed by atoms with Gasteiger partial charge in [-0.2, -0.15) is 0 Å². The molecular weight excluding hydrogens is 315 g/mol. The number of urea groups is 1. The molecule has 1 N–H and O–H groups in total. The summed E-state index contributed by atoms with van der Waals surface area (Å²) in [5.74, 6) is 0. The molecule has 1 heterocycles. The van der Waals surface area contributed by atoms with E-state index in [4.69, 9.17) is 23.2 Å². The van der Waals surface area contributed by atoms with E-state index in [2.05, 4.69) is 5.32 Å². The number of carbonyl (C=O) groups is 1. The lowest BCUT2D eigenvalue weighted by molar-refractivity contribution is 0.212. The number of nitrogens with one attached hydrogen (secondary N) is 1. The maximum Gasteiger partial charge on any atom is 0.322 e. The summed E-state index contributed by atoms with van der Waals surface area (Å²) < 4.78 is 0.731. The molecule has 20 heavy (non-hydrogen) atoms. The Kier molecular flexibility index (Phi) is 5.29. The highest BCUT2D eigenvalue weighted by atomic mass is 35.5. The number of thiophene rings is 1. The van der Waals surface area contributed by atoms with Crippen molar-refractivity contribution in [2.45, 2.75) is 13.5 Å². The summed E-state index contributed by atoms with van der Waals surface area (Å²) in [6.07, 6.45) is 0. The van der Waals surface area contributed by atoms with Gasteiger partial charge in [-0.15, -0.1) is 11.3 Å². The van der Waals surface area contributed by atoms with Crippen molar-refractivity contribution in [3.05, 3.63) is 50.6 Å². The summed E-state index contributed by atoms with van der Waals surface area (Å²) in [6.45, 7) is 3.11. The summed E-state index contributed by atoms with van der Waals surface area (Å²) in [5.41, 5.74) is 0.724. The van der Waals surface area contributed by atoms with Crippen molar-refractivity contribution in [2.24, 2.45) is 0 Å². The molecule has 1 aromatic carbocycles. The minimum atomic E-state index is -0.139. The molecule has 3 nitrogen and oxygen atoms in total. The summed E-state index contributed by atoms with van der Waals surface area (Å²) in [5, 5.41) is 3.49. The molecule has 1 aromatic heterocycles. The van der Waals surface area contributed by atoms with E-state index >= 15 is 0 Å². The zero-order valence-corrected chi connectivity index (χ0v) is 13.2. The molecule has 0 aliphatic heterocycles. The number of benzene rings is 1. The molecule has 0 aliphatic carbocycles. The van der Waals surface area contributed by atoms with Gasteiger partial charge in [0.1, 0.15) is 0 Å². The van der Waals surface area contributed by atoms with E-state index in [0.717, 1.165) is 14.9 Å². The van der Waals surface area contributed by atoms with Crippen LogP contribution in [0.1, 0.15) is 11.8 Å². The molecule has 2 amide bonds. The Morgan fingerprint density at radius 2 is 1.90 bits per heavy atom. The monoisotopic (exact) mass is 328 g/mol. The van der Waals surface area contributed by atoms with E-state index in [0.29, 0.717) is 18.1 Å². The topological polar surface area (TPSA) is 32.3 Å². The van der Waals surface area contributed by atoms with Crippen LogP contribution in [-0.2, 0) is 6.54 Å². The van der Waals surface area contributed by atoms with Crippen LogP contribution in [0.5, 0.6) is 0 Å². The van der Waals surface area contributed by atoms with Gasteiger partial charge in [-0.1, -0.05) is 23.2 Å². The summed E-state index contributed by atoms with van der Waals surface area (Å²) >= 11 is 13.2. The first-order valence-electron chi connectivity index (χ1n) is 6.14. The molecule has 106 valence electrons.